The molecule has 9 nitrogen and oxygen atoms in total. The number of nitrogens with one attached hydrogen (secondary N) is 1. The molecule has 3 N–H and O–H groups in total. The number of nitrogens with zero attached hydrogens (tertiary/aromatic N) is 4. The molecule has 0 atom stereocenters. The molecule has 37 heavy (non-hydrogen) atoms. The van der Waals surface area contributed by atoms with Gasteiger partial charge in [0.2, 0.25) is 11.1 Å². The van der Waals surface area contributed by atoms with Crippen LogP contribution in [-0.4, -0.2) is 44.6 Å². The molecule has 1 aromatic heterocycles. The van der Waals surface area contributed by atoms with Crippen LogP contribution in [0.25, 0.3) is 5.69 Å². The van der Waals surface area contributed by atoms with E-state index in [1.165, 1.54) is 34.8 Å². The third kappa shape index (κ3) is 7.38. The molecule has 12 heteroatoms. The average molecular weight is 559 g/mol. The van der Waals surface area contributed by atoms with Crippen LogP contribution in [0.4, 0.5) is 10.5 Å². The largest absolute Gasteiger partial charge is 0.448 e. The maximum atomic E-state index is 12.6. The Morgan fingerprint density at radius 2 is 2.00 bits per heavy atom. The normalized spacial score (nSPS) is 13.0. The van der Waals surface area contributed by atoms with Crippen LogP contribution in [0.3, 0.4) is 0 Å². The fraction of sp³-hybridized carbons (Fsp3) is 0.320. The van der Waals surface area contributed by atoms with Gasteiger partial charge in [0.25, 0.3) is 0 Å². The highest BCUT2D eigenvalue weighted by Crippen LogP contribution is 2.41. The van der Waals surface area contributed by atoms with E-state index in [0.29, 0.717) is 38.1 Å². The number of aromatic nitrogens is 4. The molecule has 0 saturated heterocycles. The summed E-state index contributed by atoms with van der Waals surface area (Å²) in [5.74, 6) is 6.39. The van der Waals surface area contributed by atoms with Gasteiger partial charge in [-0.1, -0.05) is 52.9 Å². The summed E-state index contributed by atoms with van der Waals surface area (Å²) in [6, 6.07) is 10.9. The number of benzene rings is 2. The van der Waals surface area contributed by atoms with Crippen LogP contribution in [-0.2, 0) is 9.53 Å². The number of ether oxygens (including phenoxy) is 1. The van der Waals surface area contributed by atoms with Crippen molar-refractivity contribution in [3.8, 4) is 17.5 Å². The molecule has 0 spiro atoms. The van der Waals surface area contributed by atoms with E-state index in [2.05, 4.69) is 32.7 Å². The summed E-state index contributed by atoms with van der Waals surface area (Å²) in [6.45, 7) is 3.71. The van der Waals surface area contributed by atoms with Crippen molar-refractivity contribution in [2.45, 2.75) is 37.8 Å². The predicted molar refractivity (Wildman–Crippen MR) is 143 cm³/mol. The molecule has 1 aliphatic rings. The Kier molecular flexibility index (Phi) is 8.27. The zero-order valence-electron chi connectivity index (χ0n) is 20.1. The molecule has 1 saturated carbocycles. The summed E-state index contributed by atoms with van der Waals surface area (Å²) < 4.78 is 6.35. The standard InChI is InChI=1S/C25H24Cl2N6O3S/c1-25(2,14-36-23(28)35)10-9-15-3-7-20(18(26)11-15)29-22(34)13-37-24-30-31-32-33(24)21-8-6-17(12-19(21)27)16-4-5-16/h3,6-8,11-12,16H,4-5,13-14H2,1-2H3,(H2,28,35)(H,29,34). The molecular weight excluding hydrogens is 535 g/mol. The van der Waals surface area contributed by atoms with Crippen LogP contribution in [0.1, 0.15) is 43.7 Å². The molecule has 1 aliphatic carbocycles. The van der Waals surface area contributed by atoms with E-state index in [1.54, 1.807) is 18.2 Å². The van der Waals surface area contributed by atoms with Crippen molar-refractivity contribution in [3.05, 3.63) is 57.6 Å². The summed E-state index contributed by atoms with van der Waals surface area (Å²) in [7, 11) is 0. The summed E-state index contributed by atoms with van der Waals surface area (Å²) in [5, 5.41) is 15.9. The number of anilines is 1. The molecule has 0 radical (unpaired) electrons. The molecule has 192 valence electrons. The third-order valence-corrected chi connectivity index (χ3v) is 6.92. The lowest BCUT2D eigenvalue weighted by molar-refractivity contribution is -0.113. The molecule has 2 aromatic carbocycles. The maximum Gasteiger partial charge on any atom is 0.404 e. The smallest absolute Gasteiger partial charge is 0.404 e. The molecule has 3 aromatic rings. The second-order valence-electron chi connectivity index (χ2n) is 9.13. The van der Waals surface area contributed by atoms with Crippen LogP contribution in [0.2, 0.25) is 10.0 Å². The molecule has 2 amide bonds. The Morgan fingerprint density at radius 3 is 2.68 bits per heavy atom. The van der Waals surface area contributed by atoms with Gasteiger partial charge in [-0.25, -0.2) is 4.79 Å². The van der Waals surface area contributed by atoms with Crippen molar-refractivity contribution in [1.82, 2.24) is 20.2 Å². The van der Waals surface area contributed by atoms with Gasteiger partial charge in [-0.2, -0.15) is 4.68 Å². The minimum absolute atomic E-state index is 0.0596. The molecule has 0 unspecified atom stereocenters. The zero-order valence-corrected chi connectivity index (χ0v) is 22.5. The number of carbonyl (C=O) groups is 2. The monoisotopic (exact) mass is 558 g/mol. The molecular formula is C25H24Cl2N6O3S. The summed E-state index contributed by atoms with van der Waals surface area (Å²) in [5.41, 5.74) is 7.38. The lowest BCUT2D eigenvalue weighted by atomic mass is 9.95. The number of thioether (sulfide) groups is 1. The van der Waals surface area contributed by atoms with Gasteiger partial charge < -0.3 is 15.8 Å². The molecule has 0 aliphatic heterocycles. The quantitative estimate of drug-likeness (QED) is 0.292. The number of tetrazole rings is 1. The number of halogens is 2. The minimum Gasteiger partial charge on any atom is -0.448 e. The van der Waals surface area contributed by atoms with Gasteiger partial charge in [0.05, 0.1) is 32.6 Å². The number of nitrogens with two attached hydrogens (primary N) is 1. The van der Waals surface area contributed by atoms with Crippen LogP contribution in [0.15, 0.2) is 41.6 Å². The number of hydrogen-bond donors (Lipinski definition) is 2. The maximum absolute atomic E-state index is 12.6. The molecule has 0 bridgehead atoms. The van der Waals surface area contributed by atoms with Gasteiger partial charge in [0, 0.05) is 5.56 Å². The second-order valence-corrected chi connectivity index (χ2v) is 10.9. The first-order valence-electron chi connectivity index (χ1n) is 11.4. The first-order valence-corrected chi connectivity index (χ1v) is 13.1. The summed E-state index contributed by atoms with van der Waals surface area (Å²) in [6.07, 6.45) is 1.52. The van der Waals surface area contributed by atoms with Crippen molar-refractivity contribution in [3.63, 3.8) is 0 Å². The summed E-state index contributed by atoms with van der Waals surface area (Å²) in [4.78, 5) is 23.4. The highest BCUT2D eigenvalue weighted by Gasteiger charge is 2.24. The SMILES string of the molecule is CC(C)(C#Cc1ccc(NC(=O)CSc2nnnn2-c2ccc(C3CC3)cc2Cl)c(Cl)c1)COC(N)=O. The predicted octanol–water partition coefficient (Wildman–Crippen LogP) is 5.05. The topological polar surface area (TPSA) is 125 Å². The third-order valence-electron chi connectivity index (χ3n) is 5.39. The number of hydrogen-bond acceptors (Lipinski definition) is 7. The van der Waals surface area contributed by atoms with Crippen LogP contribution in [0, 0.1) is 17.3 Å². The van der Waals surface area contributed by atoms with Gasteiger partial charge in [-0.15, -0.1) is 5.10 Å². The fourth-order valence-corrected chi connectivity index (χ4v) is 4.51. The first-order chi connectivity index (χ1) is 17.6. The molecule has 1 fully saturated rings. The van der Waals surface area contributed by atoms with Gasteiger partial charge in [0.1, 0.15) is 6.61 Å². The average Bonchev–Trinajstić information content (AvgIpc) is 3.60. The van der Waals surface area contributed by atoms with Crippen LogP contribution in [0.5, 0.6) is 0 Å². The Labute approximate surface area is 228 Å². The Bertz CT molecular complexity index is 1390. The van der Waals surface area contributed by atoms with Crippen molar-refractivity contribution < 1.29 is 14.3 Å². The van der Waals surface area contributed by atoms with Crippen molar-refractivity contribution in [2.75, 3.05) is 17.7 Å². The Balaban J connectivity index is 1.36. The van der Waals surface area contributed by atoms with Crippen LogP contribution < -0.4 is 11.1 Å². The van der Waals surface area contributed by atoms with Gasteiger partial charge in [0.15, 0.2) is 0 Å². The Hall–Kier alpha value is -3.26. The fourth-order valence-electron chi connectivity index (χ4n) is 3.33. The Morgan fingerprint density at radius 1 is 1.22 bits per heavy atom. The highest BCUT2D eigenvalue weighted by molar-refractivity contribution is 7.99. The van der Waals surface area contributed by atoms with E-state index in [-0.39, 0.29) is 18.3 Å². The highest BCUT2D eigenvalue weighted by atomic mass is 35.5. The number of rotatable bonds is 8. The summed E-state index contributed by atoms with van der Waals surface area (Å²) >= 11 is 14.0. The van der Waals surface area contributed by atoms with Crippen molar-refractivity contribution in [2.24, 2.45) is 11.1 Å². The van der Waals surface area contributed by atoms with Gasteiger partial charge in [-0.05, 0) is 78.9 Å². The lowest BCUT2D eigenvalue weighted by Gasteiger charge is -2.16. The zero-order chi connectivity index (χ0) is 26.6. The van der Waals surface area contributed by atoms with E-state index in [4.69, 9.17) is 33.7 Å². The molecule has 4 rings (SSSR count). The number of carbonyl (C=O) groups excluding carboxylic acids is 2. The lowest BCUT2D eigenvalue weighted by Crippen LogP contribution is -2.23. The number of amides is 2. The first kappa shape index (κ1) is 26.8. The van der Waals surface area contributed by atoms with E-state index >= 15 is 0 Å². The van der Waals surface area contributed by atoms with Crippen molar-refractivity contribution >= 4 is 52.7 Å². The number of primary amides is 1. The van der Waals surface area contributed by atoms with Gasteiger partial charge >= 0.3 is 6.09 Å². The van der Waals surface area contributed by atoms with Crippen molar-refractivity contribution in [1.29, 1.82) is 0 Å². The van der Waals surface area contributed by atoms with E-state index in [1.807, 2.05) is 32.0 Å². The molecule has 1 heterocycles. The van der Waals surface area contributed by atoms with Gasteiger partial charge in [-0.3, -0.25) is 4.79 Å². The van der Waals surface area contributed by atoms with E-state index in [0.717, 1.165) is 0 Å². The van der Waals surface area contributed by atoms with Crippen LogP contribution >= 0.6 is 35.0 Å². The van der Waals surface area contributed by atoms with E-state index < -0.39 is 11.5 Å². The van der Waals surface area contributed by atoms with E-state index in [9.17, 15) is 9.59 Å². The second kappa shape index (κ2) is 11.4. The minimum atomic E-state index is -0.848.